The molecule has 0 aliphatic carbocycles. The molecule has 1 spiro atoms. The van der Waals surface area contributed by atoms with Crippen molar-refractivity contribution < 1.29 is 32.8 Å². The highest BCUT2D eigenvalue weighted by atomic mass is 19.1. The van der Waals surface area contributed by atoms with Crippen molar-refractivity contribution >= 4 is 40.4 Å². The van der Waals surface area contributed by atoms with Gasteiger partial charge in [-0.1, -0.05) is 5.16 Å². The summed E-state index contributed by atoms with van der Waals surface area (Å²) in [5, 5.41) is 12.5. The standard InChI is InChI=1S/C21H18FN7O6/c1-8-15-21(18(31)25-20(33)26-19(21)32)5-9-4-11-14(12(22)13(9)28(15)2-3-34-8)35-27-17(11)29-7-10(6-24-29)16(23)30/h4,6-8,15H,2-3,5H2,1H3,(H2,23,30)(H2,25,26,31,32,33)/t8-,15+/m0/s1. The number of barbiturate groups is 1. The molecule has 5 heterocycles. The first-order valence-corrected chi connectivity index (χ1v) is 10.7. The molecule has 6 rings (SSSR count). The minimum atomic E-state index is -1.75. The maximum atomic E-state index is 15.9. The van der Waals surface area contributed by atoms with E-state index in [-0.39, 0.29) is 47.6 Å². The van der Waals surface area contributed by atoms with Gasteiger partial charge in [0.25, 0.3) is 5.91 Å². The Morgan fingerprint density at radius 1 is 1.29 bits per heavy atom. The molecule has 14 heteroatoms. The lowest BCUT2D eigenvalue weighted by atomic mass is 9.66. The molecule has 3 aromatic rings. The van der Waals surface area contributed by atoms with Crippen LogP contribution >= 0.6 is 0 Å². The molecule has 5 amide bonds. The van der Waals surface area contributed by atoms with Crippen molar-refractivity contribution in [2.24, 2.45) is 11.1 Å². The highest BCUT2D eigenvalue weighted by Crippen LogP contribution is 2.48. The summed E-state index contributed by atoms with van der Waals surface area (Å²) in [6.07, 6.45) is 1.73. The maximum absolute atomic E-state index is 15.9. The van der Waals surface area contributed by atoms with Crippen LogP contribution in [-0.4, -0.2) is 64.0 Å². The lowest BCUT2D eigenvalue weighted by Crippen LogP contribution is -2.74. The summed E-state index contributed by atoms with van der Waals surface area (Å²) in [5.41, 5.74) is 4.00. The summed E-state index contributed by atoms with van der Waals surface area (Å²) < 4.78 is 28.2. The van der Waals surface area contributed by atoms with Gasteiger partial charge in [-0.05, 0) is 18.6 Å². The molecule has 13 nitrogen and oxygen atoms in total. The third kappa shape index (κ3) is 2.76. The van der Waals surface area contributed by atoms with Crippen molar-refractivity contribution in [3.8, 4) is 5.82 Å². The lowest BCUT2D eigenvalue weighted by molar-refractivity contribution is -0.151. The minimum Gasteiger partial charge on any atom is -0.374 e. The second-order valence-electron chi connectivity index (χ2n) is 8.72. The molecular weight excluding hydrogens is 465 g/mol. The number of aromatic nitrogens is 3. The molecule has 2 atom stereocenters. The van der Waals surface area contributed by atoms with E-state index < -0.39 is 47.1 Å². The zero-order chi connectivity index (χ0) is 24.6. The van der Waals surface area contributed by atoms with Gasteiger partial charge < -0.3 is 19.9 Å². The number of benzene rings is 1. The largest absolute Gasteiger partial charge is 0.374 e. The number of ether oxygens (including phenoxy) is 1. The molecule has 3 aliphatic rings. The number of carbonyl (C=O) groups excluding carboxylic acids is 4. The Morgan fingerprint density at radius 3 is 2.71 bits per heavy atom. The number of urea groups is 1. The van der Waals surface area contributed by atoms with E-state index in [1.165, 1.54) is 17.1 Å². The Balaban J connectivity index is 1.57. The summed E-state index contributed by atoms with van der Waals surface area (Å²) >= 11 is 0. The highest BCUT2D eigenvalue weighted by Gasteiger charge is 2.62. The topological polar surface area (TPSA) is 175 Å². The summed E-state index contributed by atoms with van der Waals surface area (Å²) in [7, 11) is 0. The number of morpholine rings is 1. The maximum Gasteiger partial charge on any atom is 0.328 e. The van der Waals surface area contributed by atoms with Crippen LogP contribution in [0.15, 0.2) is 23.0 Å². The minimum absolute atomic E-state index is 0.0912. The molecule has 180 valence electrons. The van der Waals surface area contributed by atoms with E-state index >= 15 is 4.39 Å². The molecule has 0 bridgehead atoms. The molecule has 2 aromatic heterocycles. The van der Waals surface area contributed by atoms with Crippen LogP contribution in [0.1, 0.15) is 22.8 Å². The number of amides is 5. The number of hydrogen-bond donors (Lipinski definition) is 3. The van der Waals surface area contributed by atoms with E-state index in [0.717, 1.165) is 0 Å². The van der Waals surface area contributed by atoms with E-state index in [9.17, 15) is 19.2 Å². The van der Waals surface area contributed by atoms with Gasteiger partial charge in [0.1, 0.15) is 0 Å². The fourth-order valence-corrected chi connectivity index (χ4v) is 5.38. The number of carbonyl (C=O) groups is 4. The van der Waals surface area contributed by atoms with Gasteiger partial charge in [-0.25, -0.2) is 13.9 Å². The van der Waals surface area contributed by atoms with Crippen molar-refractivity contribution in [3.05, 3.63) is 35.4 Å². The monoisotopic (exact) mass is 483 g/mol. The first kappa shape index (κ1) is 21.2. The Morgan fingerprint density at radius 2 is 2.03 bits per heavy atom. The normalized spacial score (nSPS) is 23.1. The first-order chi connectivity index (χ1) is 16.7. The third-order valence-electron chi connectivity index (χ3n) is 6.84. The molecule has 1 aromatic carbocycles. The number of hydrogen-bond acceptors (Lipinski definition) is 9. The van der Waals surface area contributed by atoms with Crippen LogP contribution in [-0.2, 0) is 20.7 Å². The molecule has 4 N–H and O–H groups in total. The molecule has 2 fully saturated rings. The van der Waals surface area contributed by atoms with Crippen LogP contribution in [0, 0.1) is 11.2 Å². The molecule has 3 aliphatic heterocycles. The summed E-state index contributed by atoms with van der Waals surface area (Å²) in [6.45, 7) is 2.12. The molecule has 0 saturated carbocycles. The number of fused-ring (bicyclic) bond motifs is 5. The number of halogens is 1. The second kappa shape index (κ2) is 7.09. The van der Waals surface area contributed by atoms with Gasteiger partial charge in [-0.3, -0.25) is 25.0 Å². The van der Waals surface area contributed by atoms with E-state index in [2.05, 4.69) is 20.9 Å². The number of primary amides is 1. The molecule has 0 unspecified atom stereocenters. The number of anilines is 1. The zero-order valence-electron chi connectivity index (χ0n) is 18.2. The Hall–Kier alpha value is -4.33. The third-order valence-corrected chi connectivity index (χ3v) is 6.84. The zero-order valence-corrected chi connectivity index (χ0v) is 18.2. The van der Waals surface area contributed by atoms with Crippen molar-refractivity contribution in [2.75, 3.05) is 18.1 Å². The molecule has 2 saturated heterocycles. The number of nitrogens with zero attached hydrogens (tertiary/aromatic N) is 4. The fraction of sp³-hybridized carbons (Fsp3) is 0.333. The second-order valence-corrected chi connectivity index (χ2v) is 8.72. The lowest BCUT2D eigenvalue weighted by Gasteiger charge is -2.54. The van der Waals surface area contributed by atoms with Crippen LogP contribution < -0.4 is 21.3 Å². The van der Waals surface area contributed by atoms with Crippen LogP contribution in [0.25, 0.3) is 16.8 Å². The van der Waals surface area contributed by atoms with Crippen LogP contribution in [0.4, 0.5) is 14.9 Å². The number of nitrogens with one attached hydrogen (secondary N) is 2. The van der Waals surface area contributed by atoms with Gasteiger partial charge in [0.15, 0.2) is 11.2 Å². The van der Waals surface area contributed by atoms with Crippen LogP contribution in [0.5, 0.6) is 0 Å². The van der Waals surface area contributed by atoms with Gasteiger partial charge in [-0.15, -0.1) is 0 Å². The van der Waals surface area contributed by atoms with Gasteiger partial charge in [0.2, 0.25) is 23.2 Å². The number of nitrogens with two attached hydrogens (primary N) is 1. The SMILES string of the molecule is C[C@@H]1OCCN2c3c(cc4c(-n5cc(C(N)=O)cn5)noc4c3F)CC3(C(=O)NC(=O)NC3=O)[C@@H]12. The summed E-state index contributed by atoms with van der Waals surface area (Å²) in [5.74, 6) is -2.90. The molecule has 35 heavy (non-hydrogen) atoms. The van der Waals surface area contributed by atoms with Gasteiger partial charge in [0, 0.05) is 19.2 Å². The first-order valence-electron chi connectivity index (χ1n) is 10.7. The van der Waals surface area contributed by atoms with Gasteiger partial charge in [-0.2, -0.15) is 5.10 Å². The summed E-state index contributed by atoms with van der Waals surface area (Å²) in [6, 6.07) is -0.227. The fourth-order valence-electron chi connectivity index (χ4n) is 5.38. The van der Waals surface area contributed by atoms with Crippen molar-refractivity contribution in [1.82, 2.24) is 25.6 Å². The van der Waals surface area contributed by atoms with Gasteiger partial charge in [0.05, 0.1) is 41.6 Å². The smallest absolute Gasteiger partial charge is 0.328 e. The van der Waals surface area contributed by atoms with Gasteiger partial charge >= 0.3 is 6.03 Å². The van der Waals surface area contributed by atoms with Crippen LogP contribution in [0.3, 0.4) is 0 Å². The number of rotatable bonds is 2. The highest BCUT2D eigenvalue weighted by molar-refractivity contribution is 6.20. The predicted octanol–water partition coefficient (Wildman–Crippen LogP) is -0.246. The van der Waals surface area contributed by atoms with E-state index in [1.807, 2.05) is 0 Å². The van der Waals surface area contributed by atoms with Crippen molar-refractivity contribution in [2.45, 2.75) is 25.5 Å². The van der Waals surface area contributed by atoms with E-state index in [0.29, 0.717) is 5.56 Å². The van der Waals surface area contributed by atoms with E-state index in [4.69, 9.17) is 15.0 Å². The molecular formula is C21H18FN7O6. The average Bonchev–Trinajstić information content (AvgIpc) is 3.44. The average molecular weight is 483 g/mol. The van der Waals surface area contributed by atoms with E-state index in [1.54, 1.807) is 17.9 Å². The predicted molar refractivity (Wildman–Crippen MR) is 114 cm³/mol. The Labute approximate surface area is 195 Å². The van der Waals surface area contributed by atoms with Crippen molar-refractivity contribution in [3.63, 3.8) is 0 Å². The Kier molecular flexibility index (Phi) is 4.30. The summed E-state index contributed by atoms with van der Waals surface area (Å²) in [4.78, 5) is 51.3. The quantitative estimate of drug-likeness (QED) is 0.415. The Bertz CT molecular complexity index is 1440. The van der Waals surface area contributed by atoms with Crippen molar-refractivity contribution in [1.29, 1.82) is 0 Å². The van der Waals surface area contributed by atoms with Crippen LogP contribution in [0.2, 0.25) is 0 Å². The number of imide groups is 2. The molecule has 0 radical (unpaired) electrons.